The third-order valence-corrected chi connectivity index (χ3v) is 6.82. The Morgan fingerprint density at radius 3 is 2.40 bits per heavy atom. The van der Waals surface area contributed by atoms with Crippen LogP contribution in [-0.4, -0.2) is 59.8 Å². The summed E-state index contributed by atoms with van der Waals surface area (Å²) >= 11 is 0. The molecular formula is C17H26N4O3S. The maximum Gasteiger partial charge on any atom is 0.223 e. The smallest absolute Gasteiger partial charge is 0.223 e. The third kappa shape index (κ3) is 4.76. The Morgan fingerprint density at radius 2 is 1.84 bits per heavy atom. The van der Waals surface area contributed by atoms with E-state index in [1.165, 1.54) is 0 Å². The molecule has 0 bridgehead atoms. The van der Waals surface area contributed by atoms with E-state index in [0.29, 0.717) is 18.1 Å². The summed E-state index contributed by atoms with van der Waals surface area (Å²) < 4.78 is 23.2. The molecule has 2 fully saturated rings. The molecule has 0 spiro atoms. The molecule has 1 unspecified atom stereocenters. The van der Waals surface area contributed by atoms with Crippen molar-refractivity contribution in [1.82, 2.24) is 20.2 Å². The fourth-order valence-electron chi connectivity index (χ4n) is 3.78. The second-order valence-corrected chi connectivity index (χ2v) is 9.38. The van der Waals surface area contributed by atoms with Crippen LogP contribution in [0.2, 0.25) is 0 Å². The molecule has 0 saturated carbocycles. The number of sulfone groups is 1. The van der Waals surface area contributed by atoms with Gasteiger partial charge in [0, 0.05) is 23.3 Å². The van der Waals surface area contributed by atoms with Gasteiger partial charge in [-0.1, -0.05) is 0 Å². The van der Waals surface area contributed by atoms with Crippen molar-refractivity contribution in [2.75, 3.05) is 24.6 Å². The number of nitrogens with zero attached hydrogens (tertiary/aromatic N) is 3. The maximum absolute atomic E-state index is 12.4. The molecule has 0 aromatic carbocycles. The highest BCUT2D eigenvalue weighted by atomic mass is 32.2. The molecule has 1 atom stereocenters. The van der Waals surface area contributed by atoms with E-state index in [2.05, 4.69) is 20.2 Å². The van der Waals surface area contributed by atoms with Crippen LogP contribution in [0.5, 0.6) is 0 Å². The predicted molar refractivity (Wildman–Crippen MR) is 94.7 cm³/mol. The molecule has 138 valence electrons. The number of likely N-dealkylation sites (tertiary alicyclic amines) is 1. The maximum atomic E-state index is 12.4. The van der Waals surface area contributed by atoms with Gasteiger partial charge in [0.15, 0.2) is 9.84 Å². The fourth-order valence-corrected chi connectivity index (χ4v) is 5.54. The largest absolute Gasteiger partial charge is 0.349 e. The van der Waals surface area contributed by atoms with Crippen molar-refractivity contribution in [2.45, 2.75) is 45.7 Å². The van der Waals surface area contributed by atoms with Crippen molar-refractivity contribution in [2.24, 2.45) is 5.92 Å². The molecule has 1 N–H and O–H groups in total. The second-order valence-electron chi connectivity index (χ2n) is 7.15. The molecule has 0 radical (unpaired) electrons. The Balaban J connectivity index is 1.47. The van der Waals surface area contributed by atoms with Crippen molar-refractivity contribution < 1.29 is 13.2 Å². The Morgan fingerprint density at radius 1 is 1.20 bits per heavy atom. The summed E-state index contributed by atoms with van der Waals surface area (Å²) in [5, 5.41) is 2.94. The number of carbonyl (C=O) groups excluding carboxylic acids is 1. The molecule has 2 aliphatic rings. The Kier molecular flexibility index (Phi) is 5.38. The van der Waals surface area contributed by atoms with Crippen LogP contribution in [0, 0.1) is 19.8 Å². The standard InChI is InChI=1S/C17H26N4O3S/c1-12-9-13(2)20-16(19-12)10-18-17(22)14-3-6-21(7-4-14)15-5-8-25(23,24)11-15/h9,14-15H,3-8,10-11H2,1-2H3,(H,18,22). The van der Waals surface area contributed by atoms with Gasteiger partial charge in [-0.05, 0) is 52.3 Å². The number of piperidine rings is 1. The predicted octanol–water partition coefficient (Wildman–Crippen LogP) is 0.609. The summed E-state index contributed by atoms with van der Waals surface area (Å²) in [5.41, 5.74) is 1.80. The monoisotopic (exact) mass is 366 g/mol. The summed E-state index contributed by atoms with van der Waals surface area (Å²) in [6.45, 7) is 5.76. The van der Waals surface area contributed by atoms with Gasteiger partial charge in [0.25, 0.3) is 0 Å². The number of aryl methyl sites for hydroxylation is 2. The molecule has 0 aliphatic carbocycles. The van der Waals surface area contributed by atoms with Gasteiger partial charge < -0.3 is 5.32 Å². The average Bonchev–Trinajstić information content (AvgIpc) is 2.92. The first-order valence-electron chi connectivity index (χ1n) is 8.86. The first-order chi connectivity index (χ1) is 11.8. The highest BCUT2D eigenvalue weighted by Crippen LogP contribution is 2.24. The number of aromatic nitrogens is 2. The summed E-state index contributed by atoms with van der Waals surface area (Å²) in [4.78, 5) is 23.3. The minimum absolute atomic E-state index is 0.0137. The van der Waals surface area contributed by atoms with Crippen molar-refractivity contribution >= 4 is 15.7 Å². The normalized spacial score (nSPS) is 24.3. The van der Waals surface area contributed by atoms with E-state index < -0.39 is 9.84 Å². The second kappa shape index (κ2) is 7.37. The quantitative estimate of drug-likeness (QED) is 0.839. The lowest BCUT2D eigenvalue weighted by Gasteiger charge is -2.34. The number of hydrogen-bond acceptors (Lipinski definition) is 6. The molecule has 3 rings (SSSR count). The van der Waals surface area contributed by atoms with Gasteiger partial charge in [0.05, 0.1) is 18.1 Å². The zero-order valence-electron chi connectivity index (χ0n) is 14.9. The Bertz CT molecular complexity index is 722. The van der Waals surface area contributed by atoms with Crippen LogP contribution >= 0.6 is 0 Å². The molecule has 25 heavy (non-hydrogen) atoms. The molecule has 3 heterocycles. The van der Waals surface area contributed by atoms with Crippen LogP contribution in [0.1, 0.15) is 36.5 Å². The molecule has 1 amide bonds. The number of amides is 1. The number of carbonyl (C=O) groups is 1. The lowest BCUT2D eigenvalue weighted by atomic mass is 9.94. The molecule has 7 nitrogen and oxygen atoms in total. The van der Waals surface area contributed by atoms with E-state index >= 15 is 0 Å². The highest BCUT2D eigenvalue weighted by molar-refractivity contribution is 7.91. The zero-order chi connectivity index (χ0) is 18.0. The lowest BCUT2D eigenvalue weighted by molar-refractivity contribution is -0.126. The van der Waals surface area contributed by atoms with Gasteiger partial charge >= 0.3 is 0 Å². The molecule has 2 aliphatic heterocycles. The number of nitrogens with one attached hydrogen (secondary N) is 1. The number of rotatable bonds is 4. The van der Waals surface area contributed by atoms with E-state index in [-0.39, 0.29) is 23.6 Å². The fraction of sp³-hybridized carbons (Fsp3) is 0.706. The van der Waals surface area contributed by atoms with Gasteiger partial charge in [-0.3, -0.25) is 9.69 Å². The topological polar surface area (TPSA) is 92.3 Å². The van der Waals surface area contributed by atoms with Gasteiger partial charge in [-0.15, -0.1) is 0 Å². The summed E-state index contributed by atoms with van der Waals surface area (Å²) in [6, 6.07) is 2.04. The minimum atomic E-state index is -2.86. The van der Waals surface area contributed by atoms with E-state index in [9.17, 15) is 13.2 Å². The van der Waals surface area contributed by atoms with Crippen LogP contribution in [0.15, 0.2) is 6.07 Å². The van der Waals surface area contributed by atoms with Gasteiger partial charge in [-0.25, -0.2) is 18.4 Å². The van der Waals surface area contributed by atoms with Crippen molar-refractivity contribution in [3.63, 3.8) is 0 Å². The van der Waals surface area contributed by atoms with Crippen LogP contribution in [0.4, 0.5) is 0 Å². The van der Waals surface area contributed by atoms with E-state index in [1.807, 2.05) is 19.9 Å². The minimum Gasteiger partial charge on any atom is -0.349 e. The third-order valence-electron chi connectivity index (χ3n) is 5.07. The first kappa shape index (κ1) is 18.3. The summed E-state index contributed by atoms with van der Waals surface area (Å²) in [6.07, 6.45) is 2.27. The van der Waals surface area contributed by atoms with Gasteiger partial charge in [-0.2, -0.15) is 0 Å². The molecule has 2 saturated heterocycles. The molecule has 1 aromatic rings. The molecule has 1 aromatic heterocycles. The number of hydrogen-bond donors (Lipinski definition) is 1. The zero-order valence-corrected chi connectivity index (χ0v) is 15.7. The average molecular weight is 366 g/mol. The van der Waals surface area contributed by atoms with Crippen LogP contribution in [-0.2, 0) is 21.2 Å². The first-order valence-corrected chi connectivity index (χ1v) is 10.7. The van der Waals surface area contributed by atoms with E-state index in [1.54, 1.807) is 0 Å². The molecule has 8 heteroatoms. The van der Waals surface area contributed by atoms with E-state index in [0.717, 1.165) is 43.7 Å². The SMILES string of the molecule is Cc1cc(C)nc(CNC(=O)C2CCN(C3CCS(=O)(=O)C3)CC2)n1. The Hall–Kier alpha value is -1.54. The van der Waals surface area contributed by atoms with Crippen molar-refractivity contribution in [1.29, 1.82) is 0 Å². The van der Waals surface area contributed by atoms with Crippen molar-refractivity contribution in [3.8, 4) is 0 Å². The van der Waals surface area contributed by atoms with Crippen LogP contribution in [0.3, 0.4) is 0 Å². The van der Waals surface area contributed by atoms with Crippen LogP contribution in [0.25, 0.3) is 0 Å². The Labute approximate surface area is 149 Å². The van der Waals surface area contributed by atoms with Crippen molar-refractivity contribution in [3.05, 3.63) is 23.3 Å². The highest BCUT2D eigenvalue weighted by Gasteiger charge is 2.35. The van der Waals surface area contributed by atoms with Gasteiger partial charge in [0.1, 0.15) is 5.82 Å². The molecular weight excluding hydrogens is 340 g/mol. The summed E-state index contributed by atoms with van der Waals surface area (Å²) in [7, 11) is -2.86. The van der Waals surface area contributed by atoms with Gasteiger partial charge in [0.2, 0.25) is 5.91 Å². The van der Waals surface area contributed by atoms with Crippen LogP contribution < -0.4 is 5.32 Å². The van der Waals surface area contributed by atoms with E-state index in [4.69, 9.17) is 0 Å². The summed E-state index contributed by atoms with van der Waals surface area (Å²) in [5.74, 6) is 1.24. The lowest BCUT2D eigenvalue weighted by Crippen LogP contribution is -2.45.